The molecule has 0 aromatic heterocycles. The number of aliphatic hydroxyl groups excluding tert-OH is 1. The minimum absolute atomic E-state index is 0.0274. The van der Waals surface area contributed by atoms with Crippen molar-refractivity contribution in [2.24, 2.45) is 11.7 Å². The summed E-state index contributed by atoms with van der Waals surface area (Å²) in [7, 11) is 2.14. The zero-order valence-electron chi connectivity index (χ0n) is 22.7. The maximum Gasteiger partial charge on any atom is 0.184 e. The van der Waals surface area contributed by atoms with Gasteiger partial charge in [0.25, 0.3) is 0 Å². The summed E-state index contributed by atoms with van der Waals surface area (Å²) in [5, 5.41) is 9.52. The molecule has 0 radical (unpaired) electrons. The molecule has 0 unspecified atom stereocenters. The molecule has 1 fully saturated rings. The molecule has 0 bridgehead atoms. The number of rotatable bonds is 9. The van der Waals surface area contributed by atoms with E-state index in [1.54, 1.807) is 0 Å². The Kier molecular flexibility index (Phi) is 8.87. The first-order valence-corrected chi connectivity index (χ1v) is 13.7. The van der Waals surface area contributed by atoms with Gasteiger partial charge in [0.15, 0.2) is 6.29 Å². The van der Waals surface area contributed by atoms with Crippen LogP contribution in [0, 0.1) is 5.92 Å². The number of hydrogen-bond donors (Lipinski definition) is 2. The number of nitrogens with zero attached hydrogens (tertiary/aromatic N) is 1. The Morgan fingerprint density at radius 2 is 1.44 bits per heavy atom. The van der Waals surface area contributed by atoms with Gasteiger partial charge in [0.2, 0.25) is 0 Å². The number of benzene rings is 4. The molecule has 1 heterocycles. The average molecular weight is 523 g/mol. The summed E-state index contributed by atoms with van der Waals surface area (Å²) in [6, 6.07) is 35.3. The van der Waals surface area contributed by atoms with E-state index in [1.165, 1.54) is 5.56 Å². The highest BCUT2D eigenvalue weighted by atomic mass is 16.7. The topological polar surface area (TPSA) is 68.0 Å². The van der Waals surface area contributed by atoms with Crippen molar-refractivity contribution in [2.45, 2.75) is 45.1 Å². The highest BCUT2D eigenvalue weighted by Crippen LogP contribution is 2.42. The van der Waals surface area contributed by atoms with Crippen molar-refractivity contribution >= 4 is 0 Å². The van der Waals surface area contributed by atoms with Crippen LogP contribution in [0.4, 0.5) is 0 Å². The minimum Gasteiger partial charge on any atom is -0.392 e. The molecule has 5 rings (SSSR count). The van der Waals surface area contributed by atoms with E-state index >= 15 is 0 Å². The van der Waals surface area contributed by atoms with E-state index in [2.05, 4.69) is 91.7 Å². The van der Waals surface area contributed by atoms with Gasteiger partial charge in [-0.1, -0.05) is 110 Å². The van der Waals surface area contributed by atoms with Crippen molar-refractivity contribution in [3.63, 3.8) is 0 Å². The fraction of sp³-hybridized carbons (Fsp3) is 0.294. The maximum absolute atomic E-state index is 9.52. The molecule has 202 valence electrons. The van der Waals surface area contributed by atoms with Gasteiger partial charge in [0.05, 0.1) is 18.8 Å². The third kappa shape index (κ3) is 6.47. The van der Waals surface area contributed by atoms with E-state index in [-0.39, 0.29) is 24.7 Å². The average Bonchev–Trinajstić information content (AvgIpc) is 2.99. The standard InChI is InChI=1S/C34H38N2O3/c1-24-32(22-36(2)21-25-8-4-3-5-9-25)38-34(39-33(24)28-14-12-26(23-37)13-15-28)29-18-16-27(17-19-29)31-11-7-6-10-30(31)20-35/h3-19,24,32-34,37H,20-23,35H2,1-2H3/t24-,32+,33+,34+/m0/s1. The lowest BCUT2D eigenvalue weighted by Crippen LogP contribution is -2.43. The van der Waals surface area contributed by atoms with Gasteiger partial charge >= 0.3 is 0 Å². The quantitative estimate of drug-likeness (QED) is 0.273. The van der Waals surface area contributed by atoms with Gasteiger partial charge in [-0.3, -0.25) is 4.90 Å². The molecule has 0 aliphatic carbocycles. The van der Waals surface area contributed by atoms with E-state index in [0.29, 0.717) is 6.54 Å². The highest BCUT2D eigenvalue weighted by molar-refractivity contribution is 5.67. The molecule has 4 aromatic carbocycles. The van der Waals surface area contributed by atoms with Gasteiger partial charge in [-0.2, -0.15) is 0 Å². The lowest BCUT2D eigenvalue weighted by Gasteiger charge is -2.42. The van der Waals surface area contributed by atoms with Crippen LogP contribution in [0.5, 0.6) is 0 Å². The Labute approximate surface area is 231 Å². The van der Waals surface area contributed by atoms with Gasteiger partial charge in [-0.25, -0.2) is 0 Å². The lowest BCUT2D eigenvalue weighted by molar-refractivity contribution is -0.276. The first-order chi connectivity index (χ1) is 19.1. The molecule has 5 nitrogen and oxygen atoms in total. The molecule has 5 heteroatoms. The van der Waals surface area contributed by atoms with Crippen LogP contribution in [0.15, 0.2) is 103 Å². The molecule has 1 saturated heterocycles. The zero-order valence-corrected chi connectivity index (χ0v) is 22.7. The minimum atomic E-state index is -0.488. The van der Waals surface area contributed by atoms with Gasteiger partial charge < -0.3 is 20.3 Å². The molecule has 0 saturated carbocycles. The number of nitrogens with two attached hydrogens (primary N) is 1. The molecule has 3 N–H and O–H groups in total. The summed E-state index contributed by atoms with van der Waals surface area (Å²) >= 11 is 0. The molecule has 0 amide bonds. The van der Waals surface area contributed by atoms with E-state index in [4.69, 9.17) is 15.2 Å². The molecule has 4 aromatic rings. The van der Waals surface area contributed by atoms with Crippen molar-refractivity contribution in [1.82, 2.24) is 4.90 Å². The highest BCUT2D eigenvalue weighted by Gasteiger charge is 2.38. The number of aliphatic hydroxyl groups is 1. The second kappa shape index (κ2) is 12.7. The van der Waals surface area contributed by atoms with Crippen LogP contribution >= 0.6 is 0 Å². The predicted octanol–water partition coefficient (Wildman–Crippen LogP) is 6.23. The molecule has 1 aliphatic heterocycles. The second-order valence-corrected chi connectivity index (χ2v) is 10.5. The molecule has 0 spiro atoms. The maximum atomic E-state index is 9.52. The molecular weight excluding hydrogens is 484 g/mol. The van der Waals surface area contributed by atoms with Crippen molar-refractivity contribution in [2.75, 3.05) is 13.6 Å². The molecular formula is C34H38N2O3. The Morgan fingerprint density at radius 3 is 2.13 bits per heavy atom. The van der Waals surface area contributed by atoms with Gasteiger partial charge in [0.1, 0.15) is 0 Å². The summed E-state index contributed by atoms with van der Waals surface area (Å²) < 4.78 is 13.3. The van der Waals surface area contributed by atoms with E-state index in [9.17, 15) is 5.11 Å². The zero-order chi connectivity index (χ0) is 27.2. The van der Waals surface area contributed by atoms with Crippen LogP contribution in [0.25, 0.3) is 11.1 Å². The first kappa shape index (κ1) is 27.3. The molecule has 39 heavy (non-hydrogen) atoms. The summed E-state index contributed by atoms with van der Waals surface area (Å²) in [5.41, 5.74) is 13.6. The van der Waals surface area contributed by atoms with Gasteiger partial charge in [-0.15, -0.1) is 0 Å². The van der Waals surface area contributed by atoms with Crippen LogP contribution in [0.1, 0.15) is 47.1 Å². The Balaban J connectivity index is 1.39. The van der Waals surface area contributed by atoms with E-state index in [0.717, 1.165) is 46.5 Å². The van der Waals surface area contributed by atoms with Crippen LogP contribution in [-0.4, -0.2) is 29.7 Å². The van der Waals surface area contributed by atoms with Crippen molar-refractivity contribution in [3.05, 3.63) is 131 Å². The largest absolute Gasteiger partial charge is 0.392 e. The second-order valence-electron chi connectivity index (χ2n) is 10.5. The predicted molar refractivity (Wildman–Crippen MR) is 156 cm³/mol. The smallest absolute Gasteiger partial charge is 0.184 e. The fourth-order valence-electron chi connectivity index (χ4n) is 5.39. The summed E-state index contributed by atoms with van der Waals surface area (Å²) in [4.78, 5) is 2.32. The van der Waals surface area contributed by atoms with Crippen LogP contribution in [0.2, 0.25) is 0 Å². The van der Waals surface area contributed by atoms with Crippen molar-refractivity contribution in [3.8, 4) is 11.1 Å². The summed E-state index contributed by atoms with van der Waals surface area (Å²) in [6.45, 7) is 4.36. The molecule has 1 aliphatic rings. The monoisotopic (exact) mass is 522 g/mol. The van der Waals surface area contributed by atoms with Gasteiger partial charge in [-0.05, 0) is 40.4 Å². The normalized spacial score (nSPS) is 21.3. The Hall–Kier alpha value is -3.32. The van der Waals surface area contributed by atoms with Crippen molar-refractivity contribution < 1.29 is 14.6 Å². The van der Waals surface area contributed by atoms with E-state index < -0.39 is 6.29 Å². The van der Waals surface area contributed by atoms with E-state index in [1.807, 2.05) is 30.3 Å². The molecule has 4 atom stereocenters. The Morgan fingerprint density at radius 1 is 0.769 bits per heavy atom. The lowest BCUT2D eigenvalue weighted by atomic mass is 9.90. The van der Waals surface area contributed by atoms with Crippen molar-refractivity contribution in [1.29, 1.82) is 0 Å². The van der Waals surface area contributed by atoms with Crippen LogP contribution < -0.4 is 5.73 Å². The Bertz CT molecular complexity index is 1320. The van der Waals surface area contributed by atoms with Crippen LogP contribution in [0.3, 0.4) is 0 Å². The SMILES string of the molecule is C[C@H]1[C@@H](CN(C)Cc2ccccc2)O[C@@H](c2ccc(-c3ccccc3CN)cc2)O[C@H]1c1ccc(CO)cc1. The summed E-state index contributed by atoms with van der Waals surface area (Å²) in [5.74, 6) is 0.134. The first-order valence-electron chi connectivity index (χ1n) is 13.7. The van der Waals surface area contributed by atoms with Crippen LogP contribution in [-0.2, 0) is 29.2 Å². The number of hydrogen-bond acceptors (Lipinski definition) is 5. The van der Waals surface area contributed by atoms with Gasteiger partial charge in [0, 0.05) is 31.1 Å². The third-order valence-corrected chi connectivity index (χ3v) is 7.64. The summed E-state index contributed by atoms with van der Waals surface area (Å²) in [6.07, 6.45) is -0.653. The third-order valence-electron chi connectivity index (χ3n) is 7.64. The number of ether oxygens (including phenoxy) is 2. The fourth-order valence-corrected chi connectivity index (χ4v) is 5.39. The number of likely N-dealkylation sites (N-methyl/N-ethyl adjacent to an activating group) is 1.